The summed E-state index contributed by atoms with van der Waals surface area (Å²) in [4.78, 5) is 35.0. The summed E-state index contributed by atoms with van der Waals surface area (Å²) >= 11 is 0. The fourth-order valence-corrected chi connectivity index (χ4v) is 4.49. The van der Waals surface area contributed by atoms with Crippen LogP contribution < -0.4 is 16.6 Å². The zero-order chi connectivity index (χ0) is 28.2. The maximum absolute atomic E-state index is 11.5. The Morgan fingerprint density at radius 1 is 1.03 bits per heavy atom. The minimum atomic E-state index is -0.338. The number of anilines is 2. The Morgan fingerprint density at radius 2 is 1.82 bits per heavy atom. The highest BCUT2D eigenvalue weighted by Crippen LogP contribution is 2.31. The first-order valence-electron chi connectivity index (χ1n) is 13.4. The highest BCUT2D eigenvalue weighted by atomic mass is 127. The standard InChI is InChI=1S/C13H16N6O2.C10H12N4O3.HI.H2/c14-13-17-11(16-7-1-2-7)10-12(18-13)19(6-15-10)9-4-3-8(5-20)21-9;15-3-6-1-2-7(17-6)14-5-13-8-9(14)11-4-12-10(8)16;;/h3-4,6-9,20H,1-2,5H2,(H3,14,16,17,18);4-7,15H,1-3H2,(H,11,12,16);2*1H/t8-,9+;6-,7+;;/m00../s1/i;;;1+1D. The van der Waals surface area contributed by atoms with E-state index >= 15 is 0 Å². The quantitative estimate of drug-likeness (QED) is 0.146. The molecule has 1 saturated carbocycles. The third-order valence-electron chi connectivity index (χ3n) is 6.58. The van der Waals surface area contributed by atoms with Gasteiger partial charge in [0.2, 0.25) is 5.95 Å². The molecule has 39 heavy (non-hydrogen) atoms. The van der Waals surface area contributed by atoms with Crippen LogP contribution in [0.15, 0.2) is 35.9 Å². The van der Waals surface area contributed by atoms with Crippen molar-refractivity contribution in [2.24, 2.45) is 0 Å². The predicted molar refractivity (Wildman–Crippen MR) is 152 cm³/mol. The van der Waals surface area contributed by atoms with Crippen molar-refractivity contribution in [3.05, 3.63) is 41.5 Å². The molecule has 4 aromatic heterocycles. The molecule has 15 nitrogen and oxygen atoms in total. The first-order valence-corrected chi connectivity index (χ1v) is 12.4. The summed E-state index contributed by atoms with van der Waals surface area (Å²) in [7, 11) is 0. The summed E-state index contributed by atoms with van der Waals surface area (Å²) in [5.74, 6) is 0.868. The maximum atomic E-state index is 11.5. The van der Waals surface area contributed by atoms with Crippen LogP contribution in [-0.4, -0.2) is 80.7 Å². The maximum Gasteiger partial charge on any atom is 0.278 e. The molecule has 1 aliphatic carbocycles. The molecule has 0 unspecified atom stereocenters. The number of hydrogen-bond acceptors (Lipinski definition) is 12. The number of nitrogens with one attached hydrogen (secondary N) is 2. The van der Waals surface area contributed by atoms with Crippen LogP contribution in [0.5, 0.6) is 0 Å². The van der Waals surface area contributed by atoms with E-state index in [4.69, 9.17) is 28.4 Å². The molecule has 0 radical (unpaired) electrons. The van der Waals surface area contributed by atoms with Crippen molar-refractivity contribution in [2.45, 2.75) is 56.4 Å². The second-order valence-electron chi connectivity index (χ2n) is 9.33. The third-order valence-corrected chi connectivity index (χ3v) is 6.58. The van der Waals surface area contributed by atoms with Gasteiger partial charge in [-0.05, 0) is 31.8 Å². The van der Waals surface area contributed by atoms with Crippen LogP contribution in [0.4, 0.5) is 11.8 Å². The highest BCUT2D eigenvalue weighted by molar-refractivity contribution is 14.0. The van der Waals surface area contributed by atoms with Gasteiger partial charge in [0.05, 0.1) is 38.3 Å². The van der Waals surface area contributed by atoms with E-state index in [1.807, 2.05) is 12.2 Å². The van der Waals surface area contributed by atoms with E-state index in [1.54, 1.807) is 21.8 Å². The van der Waals surface area contributed by atoms with E-state index in [2.05, 4.69) is 35.2 Å². The van der Waals surface area contributed by atoms with Crippen molar-refractivity contribution in [3.8, 4) is 0 Å². The number of aliphatic hydroxyl groups is 2. The number of imidazole rings is 2. The van der Waals surface area contributed by atoms with Gasteiger partial charge in [-0.25, -0.2) is 15.0 Å². The Hall–Kier alpha value is -3.19. The fourth-order valence-electron chi connectivity index (χ4n) is 4.49. The van der Waals surface area contributed by atoms with Gasteiger partial charge < -0.3 is 35.7 Å². The lowest BCUT2D eigenvalue weighted by Gasteiger charge is -2.14. The number of aromatic nitrogens is 8. The van der Waals surface area contributed by atoms with Gasteiger partial charge in [-0.2, -0.15) is 9.97 Å². The van der Waals surface area contributed by atoms with E-state index in [0.717, 1.165) is 25.7 Å². The average Bonchev–Trinajstić information content (AvgIpc) is 3.41. The van der Waals surface area contributed by atoms with Gasteiger partial charge in [0, 0.05) is 9.01 Å². The van der Waals surface area contributed by atoms with Crippen LogP contribution >= 0.6 is 24.0 Å². The lowest BCUT2D eigenvalue weighted by Crippen LogP contribution is -2.15. The van der Waals surface area contributed by atoms with Crippen molar-refractivity contribution in [1.82, 2.24) is 39.0 Å². The Balaban J connectivity index is 0.000000178. The number of aromatic amines is 1. The van der Waals surface area contributed by atoms with Crippen LogP contribution in [0.25, 0.3) is 22.3 Å². The lowest BCUT2D eigenvalue weighted by atomic mass is 10.2. The number of nitrogens with zero attached hydrogens (tertiary/aromatic N) is 7. The van der Waals surface area contributed by atoms with E-state index in [9.17, 15) is 4.79 Å². The number of nitrogen functional groups attached to an aromatic ring is 1. The molecule has 210 valence electrons. The van der Waals surface area contributed by atoms with Gasteiger partial charge in [-0.15, -0.1) is 24.0 Å². The van der Waals surface area contributed by atoms with Crippen molar-refractivity contribution >= 4 is 58.1 Å². The predicted octanol–water partition coefficient (Wildman–Crippen LogP) is 1.08. The molecule has 0 amide bonds. The fraction of sp³-hybridized carbons (Fsp3) is 0.478. The number of aliphatic hydroxyl groups excluding tert-OH is 2. The SMILES string of the molecule is I.Nc1nc(NC2CC2)c2ncn([C@H]3C=C[C@@H](CO)O3)c2n1.O=c1[nH]cnc2c1ncn2[C@H]1CC[C@@H](CO)O1.[2H][2H]. The van der Waals surface area contributed by atoms with Crippen LogP contribution in [0.1, 0.15) is 41.1 Å². The summed E-state index contributed by atoms with van der Waals surface area (Å²) in [6, 6.07) is 0.453. The highest BCUT2D eigenvalue weighted by Gasteiger charge is 2.28. The molecular weight excluding hydrogens is 623 g/mol. The minimum absolute atomic E-state index is 0. The molecule has 6 heterocycles. The monoisotopic (exact) mass is 656 g/mol. The molecule has 0 bridgehead atoms. The van der Waals surface area contributed by atoms with Crippen molar-refractivity contribution in [3.63, 3.8) is 0 Å². The Morgan fingerprint density at radius 3 is 2.54 bits per heavy atom. The number of H-pyrrole nitrogens is 1. The van der Waals surface area contributed by atoms with Crippen LogP contribution in [-0.2, 0) is 9.47 Å². The van der Waals surface area contributed by atoms with E-state index in [0.29, 0.717) is 34.2 Å². The molecule has 6 N–H and O–H groups in total. The van der Waals surface area contributed by atoms with Gasteiger partial charge in [0.1, 0.15) is 12.3 Å². The molecule has 4 aromatic rings. The molecule has 4 atom stereocenters. The first-order chi connectivity index (χ1) is 19.5. The number of halogens is 1. The van der Waals surface area contributed by atoms with E-state index in [-0.39, 0.29) is 73.4 Å². The second kappa shape index (κ2) is 11.5. The first kappa shape index (κ1) is 26.1. The van der Waals surface area contributed by atoms with Crippen LogP contribution in [0.3, 0.4) is 0 Å². The third kappa shape index (κ3) is 5.60. The zero-order valence-electron chi connectivity index (χ0n) is 22.8. The number of fused-ring (bicyclic) bond motifs is 2. The van der Waals surface area contributed by atoms with Crippen LogP contribution in [0, 0.1) is 0 Å². The second-order valence-corrected chi connectivity index (χ2v) is 9.33. The summed E-state index contributed by atoms with van der Waals surface area (Å²) in [6.45, 7) is -0.0393. The van der Waals surface area contributed by atoms with Gasteiger partial charge in [-0.1, -0.05) is 6.08 Å². The van der Waals surface area contributed by atoms with Gasteiger partial charge in [0.15, 0.2) is 34.4 Å². The molecule has 16 heteroatoms. The molecule has 2 aliphatic heterocycles. The van der Waals surface area contributed by atoms with E-state index in [1.165, 1.54) is 6.33 Å². The molecule has 1 saturated heterocycles. The molecule has 0 spiro atoms. The normalized spacial score (nSPS) is 24.3. The number of hydrogen-bond donors (Lipinski definition) is 5. The summed E-state index contributed by atoms with van der Waals surface area (Å²) in [5.41, 5.74) is 7.67. The molecular formula is C23H31IN10O5. The Kier molecular flexibility index (Phi) is 7.69. The van der Waals surface area contributed by atoms with Gasteiger partial charge in [0.25, 0.3) is 5.56 Å². The summed E-state index contributed by atoms with van der Waals surface area (Å²) in [5, 5.41) is 21.5. The Bertz CT molecular complexity index is 1540. The smallest absolute Gasteiger partial charge is 0.278 e. The largest absolute Gasteiger partial charge is 0.394 e. The lowest BCUT2D eigenvalue weighted by molar-refractivity contribution is -0.0207. The summed E-state index contributed by atoms with van der Waals surface area (Å²) < 4.78 is 24.8. The van der Waals surface area contributed by atoms with Crippen LogP contribution in [0.2, 0.25) is 0 Å². The van der Waals surface area contributed by atoms with Crippen molar-refractivity contribution < 1.29 is 22.7 Å². The number of ether oxygens (including phenoxy) is 2. The minimum Gasteiger partial charge on any atom is -0.394 e. The number of rotatable bonds is 6. The Labute approximate surface area is 241 Å². The average molecular weight is 656 g/mol. The zero-order valence-corrected chi connectivity index (χ0v) is 23.1. The summed E-state index contributed by atoms with van der Waals surface area (Å²) in [6.07, 6.45) is 11.1. The number of nitrogens with two attached hydrogens (primary N) is 1. The molecule has 3 aliphatic rings. The molecule has 0 aromatic carbocycles. The van der Waals surface area contributed by atoms with Gasteiger partial charge in [-0.3, -0.25) is 13.9 Å². The van der Waals surface area contributed by atoms with Crippen molar-refractivity contribution in [2.75, 3.05) is 24.3 Å². The van der Waals surface area contributed by atoms with E-state index < -0.39 is 0 Å². The topological polar surface area (TPSA) is 204 Å². The molecule has 2 fully saturated rings. The molecule has 7 rings (SSSR count). The van der Waals surface area contributed by atoms with Crippen molar-refractivity contribution in [1.29, 1.82) is 0 Å². The van der Waals surface area contributed by atoms with Gasteiger partial charge >= 0.3 is 0 Å².